The molecule has 1 unspecified atom stereocenters. The van der Waals surface area contributed by atoms with Crippen LogP contribution in [0.4, 0.5) is 0 Å². The number of nitrogens with zero attached hydrogens (tertiary/aromatic N) is 2. The number of rotatable bonds is 3. The van der Waals surface area contributed by atoms with Crippen molar-refractivity contribution in [1.82, 2.24) is 5.01 Å². The van der Waals surface area contributed by atoms with E-state index in [1.54, 1.807) is 0 Å². The number of amides is 1. The number of carbonyl (C=O) groups is 1. The minimum Gasteiger partial charge on any atom is -0.459 e. The molecule has 0 fully saturated rings. The molecular formula is C22H19BrN2O2. The van der Waals surface area contributed by atoms with Gasteiger partial charge < -0.3 is 4.42 Å². The van der Waals surface area contributed by atoms with Gasteiger partial charge in [0.2, 0.25) is 5.91 Å². The highest BCUT2D eigenvalue weighted by molar-refractivity contribution is 9.10. The third-order valence-electron chi connectivity index (χ3n) is 4.70. The lowest BCUT2D eigenvalue weighted by atomic mass is 10.0. The molecule has 0 N–H and O–H groups in total. The van der Waals surface area contributed by atoms with Gasteiger partial charge in [-0.15, -0.1) is 0 Å². The summed E-state index contributed by atoms with van der Waals surface area (Å²) < 4.78 is 7.12. The molecule has 0 aliphatic carbocycles. The second-order valence-corrected chi connectivity index (χ2v) is 7.62. The molecule has 4 nitrogen and oxygen atoms in total. The molecule has 2 heterocycles. The highest BCUT2D eigenvalue weighted by Gasteiger charge is 2.33. The summed E-state index contributed by atoms with van der Waals surface area (Å²) in [7, 11) is 0. The summed E-state index contributed by atoms with van der Waals surface area (Å²) >= 11 is 3.44. The molecule has 0 saturated carbocycles. The number of hydrazone groups is 1. The third kappa shape index (κ3) is 3.60. The quantitative estimate of drug-likeness (QED) is 0.541. The maximum Gasteiger partial charge on any atom is 0.240 e. The normalized spacial score (nSPS) is 16.5. The Morgan fingerprint density at radius 2 is 1.70 bits per heavy atom. The van der Waals surface area contributed by atoms with E-state index in [2.05, 4.69) is 40.1 Å². The Kier molecular flexibility index (Phi) is 4.70. The number of carbonyl (C=O) groups excluding carboxylic acids is 1. The monoisotopic (exact) mass is 422 g/mol. The topological polar surface area (TPSA) is 45.8 Å². The van der Waals surface area contributed by atoms with E-state index >= 15 is 0 Å². The molecule has 1 amide bonds. The van der Waals surface area contributed by atoms with Crippen LogP contribution in [0.25, 0.3) is 11.3 Å². The molecule has 0 spiro atoms. The number of aryl methyl sites for hydroxylation is 1. The van der Waals surface area contributed by atoms with Gasteiger partial charge in [0.05, 0.1) is 5.71 Å². The summed E-state index contributed by atoms with van der Waals surface area (Å²) in [6, 6.07) is 19.8. The zero-order valence-electron chi connectivity index (χ0n) is 15.1. The van der Waals surface area contributed by atoms with Crippen LogP contribution in [-0.2, 0) is 4.79 Å². The van der Waals surface area contributed by atoms with Gasteiger partial charge in [-0.1, -0.05) is 57.9 Å². The number of benzene rings is 2. The van der Waals surface area contributed by atoms with Gasteiger partial charge in [0.15, 0.2) is 0 Å². The Morgan fingerprint density at radius 3 is 2.37 bits per heavy atom. The van der Waals surface area contributed by atoms with Crippen LogP contribution in [0, 0.1) is 6.92 Å². The summed E-state index contributed by atoms with van der Waals surface area (Å²) in [6.45, 7) is 3.59. The van der Waals surface area contributed by atoms with E-state index in [4.69, 9.17) is 4.42 Å². The average molecular weight is 423 g/mol. The highest BCUT2D eigenvalue weighted by atomic mass is 79.9. The Hall–Kier alpha value is -2.66. The van der Waals surface area contributed by atoms with E-state index in [9.17, 15) is 4.79 Å². The molecule has 1 aliphatic heterocycles. The van der Waals surface area contributed by atoms with Gasteiger partial charge in [0.1, 0.15) is 17.6 Å². The zero-order chi connectivity index (χ0) is 19.0. The second kappa shape index (κ2) is 7.16. The van der Waals surface area contributed by atoms with Gasteiger partial charge in [0, 0.05) is 23.4 Å². The van der Waals surface area contributed by atoms with Gasteiger partial charge in [0.25, 0.3) is 0 Å². The van der Waals surface area contributed by atoms with E-state index in [-0.39, 0.29) is 11.9 Å². The van der Waals surface area contributed by atoms with Crippen LogP contribution in [0.15, 0.2) is 74.7 Å². The van der Waals surface area contributed by atoms with Gasteiger partial charge in [-0.2, -0.15) is 5.10 Å². The fourth-order valence-electron chi connectivity index (χ4n) is 3.24. The Balaban J connectivity index is 1.62. The molecule has 3 aromatic rings. The second-order valence-electron chi connectivity index (χ2n) is 6.71. The van der Waals surface area contributed by atoms with Crippen LogP contribution in [0.2, 0.25) is 0 Å². The van der Waals surface area contributed by atoms with Crippen molar-refractivity contribution in [3.05, 3.63) is 82.0 Å². The van der Waals surface area contributed by atoms with E-state index in [0.29, 0.717) is 6.42 Å². The van der Waals surface area contributed by atoms with Gasteiger partial charge >= 0.3 is 0 Å². The standard InChI is InChI=1S/C22H19BrN2O2/c1-14-3-5-16(6-4-14)19-13-20(25(24-19)15(2)26)22-12-11-21(27-22)17-7-9-18(23)10-8-17/h3-12,20H,13H2,1-2H3. The van der Waals surface area contributed by atoms with Crippen molar-refractivity contribution < 1.29 is 9.21 Å². The van der Waals surface area contributed by atoms with Crippen LogP contribution in [0.5, 0.6) is 0 Å². The molecule has 1 aliphatic rings. The Labute approximate surface area is 166 Å². The Bertz CT molecular complexity index is 1000. The fourth-order valence-corrected chi connectivity index (χ4v) is 3.51. The molecule has 0 saturated heterocycles. The molecule has 2 aromatic carbocycles. The van der Waals surface area contributed by atoms with Crippen LogP contribution >= 0.6 is 15.9 Å². The first-order chi connectivity index (χ1) is 13.0. The van der Waals surface area contributed by atoms with Crippen molar-refractivity contribution in [2.75, 3.05) is 0 Å². The van der Waals surface area contributed by atoms with E-state index in [1.165, 1.54) is 17.5 Å². The van der Waals surface area contributed by atoms with Crippen molar-refractivity contribution in [1.29, 1.82) is 0 Å². The van der Waals surface area contributed by atoms with Crippen LogP contribution < -0.4 is 0 Å². The minimum absolute atomic E-state index is 0.0938. The molecule has 1 aromatic heterocycles. The maximum atomic E-state index is 12.1. The lowest BCUT2D eigenvalue weighted by molar-refractivity contribution is -0.130. The van der Waals surface area contributed by atoms with Crippen molar-refractivity contribution in [2.45, 2.75) is 26.3 Å². The molecule has 136 valence electrons. The largest absolute Gasteiger partial charge is 0.459 e. The first kappa shape index (κ1) is 17.7. The average Bonchev–Trinajstić information content (AvgIpc) is 3.30. The van der Waals surface area contributed by atoms with Crippen molar-refractivity contribution in [3.63, 3.8) is 0 Å². The number of hydrogen-bond donors (Lipinski definition) is 0. The van der Waals surface area contributed by atoms with E-state index < -0.39 is 0 Å². The number of halogens is 1. The number of hydrogen-bond acceptors (Lipinski definition) is 3. The molecule has 0 bridgehead atoms. The van der Waals surface area contributed by atoms with Crippen molar-refractivity contribution >= 4 is 27.5 Å². The predicted octanol–water partition coefficient (Wildman–Crippen LogP) is 5.72. The van der Waals surface area contributed by atoms with Gasteiger partial charge in [-0.25, -0.2) is 5.01 Å². The van der Waals surface area contributed by atoms with Crippen LogP contribution in [0.3, 0.4) is 0 Å². The SMILES string of the molecule is CC(=O)N1N=C(c2ccc(C)cc2)CC1c1ccc(-c2ccc(Br)cc2)o1. The summed E-state index contributed by atoms with van der Waals surface area (Å²) in [5.74, 6) is 1.43. The zero-order valence-corrected chi connectivity index (χ0v) is 16.7. The van der Waals surface area contributed by atoms with E-state index in [0.717, 1.165) is 32.8 Å². The Morgan fingerprint density at radius 1 is 1.04 bits per heavy atom. The predicted molar refractivity (Wildman–Crippen MR) is 109 cm³/mol. The smallest absolute Gasteiger partial charge is 0.240 e. The third-order valence-corrected chi connectivity index (χ3v) is 5.23. The van der Waals surface area contributed by atoms with Crippen LogP contribution in [0.1, 0.15) is 36.3 Å². The van der Waals surface area contributed by atoms with Crippen LogP contribution in [-0.4, -0.2) is 16.6 Å². The summed E-state index contributed by atoms with van der Waals surface area (Å²) in [6.07, 6.45) is 0.635. The van der Waals surface area contributed by atoms with Crippen molar-refractivity contribution in [2.24, 2.45) is 5.10 Å². The summed E-state index contributed by atoms with van der Waals surface area (Å²) in [4.78, 5) is 12.1. The van der Waals surface area contributed by atoms with Gasteiger partial charge in [-0.05, 0) is 36.8 Å². The molecule has 5 heteroatoms. The number of furan rings is 1. The summed E-state index contributed by atoms with van der Waals surface area (Å²) in [5, 5.41) is 6.10. The van der Waals surface area contributed by atoms with E-state index in [1.807, 2.05) is 48.5 Å². The van der Waals surface area contributed by atoms with Crippen molar-refractivity contribution in [3.8, 4) is 11.3 Å². The lowest BCUT2D eigenvalue weighted by Gasteiger charge is -2.17. The highest BCUT2D eigenvalue weighted by Crippen LogP contribution is 2.35. The molecule has 27 heavy (non-hydrogen) atoms. The molecule has 0 radical (unpaired) electrons. The molecule has 1 atom stereocenters. The summed E-state index contributed by atoms with van der Waals surface area (Å²) in [5.41, 5.74) is 4.13. The maximum absolute atomic E-state index is 12.1. The minimum atomic E-state index is -0.219. The molecular weight excluding hydrogens is 404 g/mol. The lowest BCUT2D eigenvalue weighted by Crippen LogP contribution is -2.23. The fraction of sp³-hybridized carbons (Fsp3) is 0.182. The van der Waals surface area contributed by atoms with Gasteiger partial charge in [-0.3, -0.25) is 4.79 Å². The first-order valence-electron chi connectivity index (χ1n) is 8.81. The molecule has 4 rings (SSSR count). The first-order valence-corrected chi connectivity index (χ1v) is 9.60.